The first kappa shape index (κ1) is 19.7. The molecule has 2 aromatic carbocycles. The van der Waals surface area contributed by atoms with Gasteiger partial charge in [-0.25, -0.2) is 0 Å². The number of hydrogen-bond donors (Lipinski definition) is 0. The Balaban J connectivity index is 1.80. The number of carbonyl (C=O) groups excluding carboxylic acids is 1. The molecule has 5 nitrogen and oxygen atoms in total. The summed E-state index contributed by atoms with van der Waals surface area (Å²) in [4.78, 5) is 28.2. The van der Waals surface area contributed by atoms with Gasteiger partial charge in [-0.05, 0) is 44.0 Å². The summed E-state index contributed by atoms with van der Waals surface area (Å²) in [5, 5.41) is 0.836. The van der Waals surface area contributed by atoms with Crippen molar-refractivity contribution in [2.45, 2.75) is 32.4 Å². The Labute approximate surface area is 173 Å². The number of ether oxygens (including phenoxy) is 1. The Morgan fingerprint density at radius 1 is 1.14 bits per heavy atom. The lowest BCUT2D eigenvalue weighted by Gasteiger charge is -2.25. The van der Waals surface area contributed by atoms with Crippen molar-refractivity contribution in [2.75, 3.05) is 13.2 Å². The minimum absolute atomic E-state index is 0.114. The third-order valence-corrected chi connectivity index (χ3v) is 5.27. The Morgan fingerprint density at radius 2 is 1.90 bits per heavy atom. The molecule has 0 N–H and O–H groups in total. The average molecular weight is 412 g/mol. The number of amides is 1. The van der Waals surface area contributed by atoms with Gasteiger partial charge in [0.05, 0.1) is 23.1 Å². The van der Waals surface area contributed by atoms with Crippen molar-refractivity contribution in [3.8, 4) is 0 Å². The number of halogens is 1. The molecule has 3 aromatic rings. The van der Waals surface area contributed by atoms with Crippen LogP contribution in [0.1, 0.15) is 48.0 Å². The molecule has 6 heteroatoms. The summed E-state index contributed by atoms with van der Waals surface area (Å²) >= 11 is 6.09. The summed E-state index contributed by atoms with van der Waals surface area (Å²) in [6.07, 6.45) is 0.797. The first-order chi connectivity index (χ1) is 14.0. The predicted octanol–water partition coefficient (Wildman–Crippen LogP) is 4.81. The average Bonchev–Trinajstić information content (AvgIpc) is 2.99. The Morgan fingerprint density at radius 3 is 2.62 bits per heavy atom. The van der Waals surface area contributed by atoms with E-state index in [-0.39, 0.29) is 23.2 Å². The molecule has 0 aliphatic carbocycles. The van der Waals surface area contributed by atoms with Crippen LogP contribution in [0.2, 0.25) is 5.02 Å². The van der Waals surface area contributed by atoms with Crippen LogP contribution in [0.4, 0.5) is 0 Å². The highest BCUT2D eigenvalue weighted by molar-refractivity contribution is 6.31. The summed E-state index contributed by atoms with van der Waals surface area (Å²) < 4.78 is 11.5. The molecular formula is C23H22ClNO4. The van der Waals surface area contributed by atoms with E-state index in [2.05, 4.69) is 0 Å². The van der Waals surface area contributed by atoms with Crippen LogP contribution in [0.5, 0.6) is 0 Å². The van der Waals surface area contributed by atoms with Gasteiger partial charge in [-0.15, -0.1) is 0 Å². The Hall–Kier alpha value is -2.63. The van der Waals surface area contributed by atoms with E-state index in [0.29, 0.717) is 41.1 Å². The molecule has 0 bridgehead atoms. The number of rotatable bonds is 6. The van der Waals surface area contributed by atoms with Crippen LogP contribution in [0, 0.1) is 0 Å². The topological polar surface area (TPSA) is 59.8 Å². The fraction of sp³-hybridized carbons (Fsp3) is 0.304. The van der Waals surface area contributed by atoms with Crippen molar-refractivity contribution in [2.24, 2.45) is 0 Å². The lowest BCUT2D eigenvalue weighted by Crippen LogP contribution is -2.31. The highest BCUT2D eigenvalue weighted by atomic mass is 35.5. The lowest BCUT2D eigenvalue weighted by atomic mass is 9.98. The van der Waals surface area contributed by atoms with Crippen molar-refractivity contribution < 1.29 is 13.9 Å². The molecule has 0 saturated carbocycles. The molecule has 1 aromatic heterocycles. The van der Waals surface area contributed by atoms with Crippen LogP contribution in [0.15, 0.2) is 57.7 Å². The highest BCUT2D eigenvalue weighted by Gasteiger charge is 2.42. The summed E-state index contributed by atoms with van der Waals surface area (Å²) in [7, 11) is 0. The standard InChI is InChI=1S/C23H22ClNO4/c1-14(2)28-12-6-11-25-20(15-7-4-3-5-8-15)19-21(26)17-13-16(24)9-10-18(17)29-22(19)23(25)27/h3-5,7-10,13-14,20H,6,11-12H2,1-2H3/t20-/m1/s1. The fourth-order valence-electron chi connectivity index (χ4n) is 3.76. The van der Waals surface area contributed by atoms with E-state index in [1.807, 2.05) is 44.2 Å². The largest absolute Gasteiger partial charge is 0.450 e. The monoisotopic (exact) mass is 411 g/mol. The van der Waals surface area contributed by atoms with Crippen LogP contribution in [0.25, 0.3) is 11.0 Å². The van der Waals surface area contributed by atoms with E-state index >= 15 is 0 Å². The second-order valence-corrected chi connectivity index (χ2v) is 7.84. The third-order valence-electron chi connectivity index (χ3n) is 5.04. The maximum absolute atomic E-state index is 13.3. The Bertz CT molecular complexity index is 1110. The van der Waals surface area contributed by atoms with Crippen LogP contribution in [-0.4, -0.2) is 30.1 Å². The van der Waals surface area contributed by atoms with Gasteiger partial charge < -0.3 is 14.1 Å². The zero-order valence-corrected chi connectivity index (χ0v) is 17.1. The van der Waals surface area contributed by atoms with E-state index in [9.17, 15) is 9.59 Å². The molecule has 0 radical (unpaired) electrons. The summed E-state index contributed by atoms with van der Waals surface area (Å²) in [5.74, 6) is -0.157. The van der Waals surface area contributed by atoms with E-state index in [1.165, 1.54) is 0 Å². The molecular weight excluding hydrogens is 390 g/mol. The smallest absolute Gasteiger partial charge is 0.290 e. The van der Waals surface area contributed by atoms with Crippen molar-refractivity contribution >= 4 is 28.5 Å². The van der Waals surface area contributed by atoms with Gasteiger partial charge in [0.25, 0.3) is 5.91 Å². The van der Waals surface area contributed by atoms with E-state index < -0.39 is 6.04 Å². The molecule has 29 heavy (non-hydrogen) atoms. The van der Waals surface area contributed by atoms with E-state index in [1.54, 1.807) is 23.1 Å². The second-order valence-electron chi connectivity index (χ2n) is 7.40. The first-order valence-corrected chi connectivity index (χ1v) is 10.1. The molecule has 0 unspecified atom stereocenters. The molecule has 0 spiro atoms. The van der Waals surface area contributed by atoms with Crippen LogP contribution < -0.4 is 5.43 Å². The van der Waals surface area contributed by atoms with Gasteiger partial charge in [-0.1, -0.05) is 41.9 Å². The molecule has 2 heterocycles. The third kappa shape index (κ3) is 3.68. The predicted molar refractivity (Wildman–Crippen MR) is 113 cm³/mol. The first-order valence-electron chi connectivity index (χ1n) is 9.71. The summed E-state index contributed by atoms with van der Waals surface area (Å²) in [6.45, 7) is 4.95. The number of carbonyl (C=O) groups is 1. The molecule has 4 rings (SSSR count). The molecule has 1 atom stereocenters. The SMILES string of the molecule is CC(C)OCCCN1C(=O)c2oc3ccc(Cl)cc3c(=O)c2[C@H]1c1ccccc1. The molecule has 150 valence electrons. The maximum Gasteiger partial charge on any atom is 0.290 e. The fourth-order valence-corrected chi connectivity index (χ4v) is 3.93. The molecule has 1 aliphatic heterocycles. The zero-order valence-electron chi connectivity index (χ0n) is 16.4. The van der Waals surface area contributed by atoms with Gasteiger partial charge in [0, 0.05) is 18.2 Å². The van der Waals surface area contributed by atoms with Gasteiger partial charge in [0.15, 0.2) is 5.43 Å². The lowest BCUT2D eigenvalue weighted by molar-refractivity contribution is 0.0593. The minimum atomic E-state index is -0.489. The normalized spacial score (nSPS) is 16.1. The van der Waals surface area contributed by atoms with Gasteiger partial charge >= 0.3 is 0 Å². The van der Waals surface area contributed by atoms with Crippen molar-refractivity contribution in [3.05, 3.63) is 80.7 Å². The van der Waals surface area contributed by atoms with Gasteiger partial charge in [-0.3, -0.25) is 9.59 Å². The number of benzene rings is 2. The van der Waals surface area contributed by atoms with Crippen LogP contribution >= 0.6 is 11.6 Å². The second kappa shape index (κ2) is 8.01. The zero-order chi connectivity index (χ0) is 20.5. The Kier molecular flexibility index (Phi) is 5.43. The summed E-state index contributed by atoms with van der Waals surface area (Å²) in [6, 6.07) is 13.9. The number of fused-ring (bicyclic) bond motifs is 2. The number of hydrogen-bond acceptors (Lipinski definition) is 4. The molecule has 0 fully saturated rings. The number of nitrogens with zero attached hydrogens (tertiary/aromatic N) is 1. The summed E-state index contributed by atoms with van der Waals surface area (Å²) in [5.41, 5.74) is 1.40. The van der Waals surface area contributed by atoms with Gasteiger partial charge in [0.2, 0.25) is 5.76 Å². The van der Waals surface area contributed by atoms with Crippen molar-refractivity contribution in [1.29, 1.82) is 0 Å². The van der Waals surface area contributed by atoms with Crippen molar-refractivity contribution in [1.82, 2.24) is 4.90 Å². The molecule has 0 saturated heterocycles. The quantitative estimate of drug-likeness (QED) is 0.546. The maximum atomic E-state index is 13.3. The van der Waals surface area contributed by atoms with Gasteiger partial charge in [0.1, 0.15) is 5.58 Å². The van der Waals surface area contributed by atoms with Crippen molar-refractivity contribution in [3.63, 3.8) is 0 Å². The van der Waals surface area contributed by atoms with Gasteiger partial charge in [-0.2, -0.15) is 0 Å². The molecule has 1 aliphatic rings. The van der Waals surface area contributed by atoms with E-state index in [4.69, 9.17) is 20.8 Å². The highest BCUT2D eigenvalue weighted by Crippen LogP contribution is 2.38. The van der Waals surface area contributed by atoms with Crippen LogP contribution in [-0.2, 0) is 4.74 Å². The minimum Gasteiger partial charge on any atom is -0.450 e. The van der Waals surface area contributed by atoms with E-state index in [0.717, 1.165) is 5.56 Å². The van der Waals surface area contributed by atoms with Crippen LogP contribution in [0.3, 0.4) is 0 Å². The molecule has 1 amide bonds.